The molecule has 10 rings (SSSR count). The average Bonchev–Trinajstić information content (AvgIpc) is 4.01. The molecule has 2 saturated carbocycles. The number of hydrogen-bond donors (Lipinski definition) is 0. The minimum atomic E-state index is -0.582. The van der Waals surface area contributed by atoms with Gasteiger partial charge in [-0.05, 0) is 101 Å². The summed E-state index contributed by atoms with van der Waals surface area (Å²) in [5.41, 5.74) is 2.66. The average molecular weight is 845 g/mol. The minimum Gasteiger partial charge on any atom is -0.479 e. The first-order valence-electron chi connectivity index (χ1n) is 19.4. The van der Waals surface area contributed by atoms with Crippen LogP contribution in [0.1, 0.15) is 98.9 Å². The molecule has 0 radical (unpaired) electrons. The van der Waals surface area contributed by atoms with Gasteiger partial charge in [-0.2, -0.15) is 5.26 Å². The molecular formula is C44H36N4O6S4. The molecule has 0 atom stereocenters. The number of amides is 4. The Morgan fingerprint density at radius 1 is 0.672 bits per heavy atom. The van der Waals surface area contributed by atoms with Crippen LogP contribution in [0.3, 0.4) is 0 Å². The normalized spacial score (nSPS) is 22.3. The molecule has 2 fully saturated rings. The Labute approximate surface area is 350 Å². The van der Waals surface area contributed by atoms with Crippen molar-refractivity contribution in [2.24, 2.45) is 0 Å². The van der Waals surface area contributed by atoms with Crippen molar-refractivity contribution in [3.05, 3.63) is 78.0 Å². The second-order valence-electron chi connectivity index (χ2n) is 15.9. The maximum Gasteiger partial charge on any atom is 0.271 e. The van der Waals surface area contributed by atoms with Crippen molar-refractivity contribution in [3.63, 3.8) is 0 Å². The van der Waals surface area contributed by atoms with Crippen molar-refractivity contribution in [2.75, 3.05) is 14.1 Å². The van der Waals surface area contributed by atoms with Gasteiger partial charge in [0.05, 0.1) is 35.5 Å². The highest BCUT2D eigenvalue weighted by molar-refractivity contribution is 7.35. The van der Waals surface area contributed by atoms with Crippen molar-refractivity contribution in [2.45, 2.75) is 89.3 Å². The van der Waals surface area contributed by atoms with Crippen LogP contribution in [0, 0.1) is 17.9 Å². The van der Waals surface area contributed by atoms with Gasteiger partial charge in [0.25, 0.3) is 29.3 Å². The monoisotopic (exact) mass is 844 g/mol. The molecule has 8 heterocycles. The van der Waals surface area contributed by atoms with Crippen LogP contribution in [-0.4, -0.2) is 47.5 Å². The third kappa shape index (κ3) is 5.14. The maximum atomic E-state index is 13.4. The number of nitrogens with zero attached hydrogens (tertiary/aromatic N) is 4. The molecule has 4 aromatic rings. The standard InChI is InChI=1S/C44H36N4O6S4/c1-21-25(39(49)47(4)41(51)27(21)20-45)16-23-18-28-33(55-23)35-31(53-43(28)12-8-6-9-13-43)37-38(57-35)32-36(58-37)34-29(44(54-32)14-10-7-11-15-44)19-24(56-34)17-26-22(2)30(46-3)42(52)48(5)40(26)50/h16-19H,6-15H2,1-2,4-5H3/b25-16-,26-17-. The summed E-state index contributed by atoms with van der Waals surface area (Å²) < 4.78 is 16.7. The number of rotatable bonds is 2. The Morgan fingerprint density at radius 2 is 1.12 bits per heavy atom. The number of fused-ring (bicyclic) bond motifs is 11. The SMILES string of the molecule is [C-]#[N+]C1=C(C)/C(=C/c2cc3c(s2)-c2sc4c5c(sc4c2OC32CCCCC2)-c2sc(/C=C3\C(=O)N(C)C(=O)C(C#N)=C3C)cc2C2(CCCCC2)O5)C(=O)N(C)C1=O. The highest BCUT2D eigenvalue weighted by atomic mass is 32.1. The fourth-order valence-electron chi connectivity index (χ4n) is 9.51. The summed E-state index contributed by atoms with van der Waals surface area (Å²) in [4.78, 5) is 63.8. The van der Waals surface area contributed by atoms with Crippen molar-refractivity contribution in [1.29, 1.82) is 5.26 Å². The van der Waals surface area contributed by atoms with Crippen LogP contribution in [0.5, 0.6) is 11.5 Å². The molecule has 2 aliphatic carbocycles. The molecule has 0 bridgehead atoms. The summed E-state index contributed by atoms with van der Waals surface area (Å²) in [5.74, 6) is -0.233. The Hall–Kier alpha value is -5.12. The van der Waals surface area contributed by atoms with Gasteiger partial charge >= 0.3 is 0 Å². The van der Waals surface area contributed by atoms with Gasteiger partial charge in [0.15, 0.2) is 11.5 Å². The van der Waals surface area contributed by atoms with Gasteiger partial charge in [-0.3, -0.25) is 29.0 Å². The van der Waals surface area contributed by atoms with E-state index in [0.29, 0.717) is 22.3 Å². The van der Waals surface area contributed by atoms with E-state index in [0.717, 1.165) is 135 Å². The predicted molar refractivity (Wildman–Crippen MR) is 226 cm³/mol. The molecule has 0 saturated heterocycles. The lowest BCUT2D eigenvalue weighted by Crippen LogP contribution is -2.39. The number of nitriles is 1. The van der Waals surface area contributed by atoms with Crippen LogP contribution < -0.4 is 9.47 Å². The van der Waals surface area contributed by atoms with Gasteiger partial charge in [0.1, 0.15) is 22.8 Å². The van der Waals surface area contributed by atoms with Crippen LogP contribution >= 0.6 is 45.3 Å². The topological polar surface area (TPSA) is 121 Å². The molecule has 2 spiro atoms. The van der Waals surface area contributed by atoms with E-state index in [9.17, 15) is 24.4 Å². The molecule has 6 aliphatic rings. The van der Waals surface area contributed by atoms with E-state index < -0.39 is 34.8 Å². The Kier molecular flexibility index (Phi) is 8.46. The fraction of sp³-hybridized carbons (Fsp3) is 0.364. The number of hydrogen-bond acceptors (Lipinski definition) is 11. The van der Waals surface area contributed by atoms with E-state index in [4.69, 9.17) is 16.0 Å². The van der Waals surface area contributed by atoms with E-state index in [-0.39, 0.29) is 11.3 Å². The molecule has 0 unspecified atom stereocenters. The van der Waals surface area contributed by atoms with Gasteiger partial charge < -0.3 is 9.47 Å². The second kappa shape index (κ2) is 13.2. The highest BCUT2D eigenvalue weighted by Crippen LogP contribution is 2.66. The molecule has 0 N–H and O–H groups in total. The maximum absolute atomic E-state index is 13.4. The van der Waals surface area contributed by atoms with E-state index >= 15 is 0 Å². The number of thiophene rings is 4. The Bertz CT molecular complexity index is 2620. The quantitative estimate of drug-likeness (QED) is 0.112. The van der Waals surface area contributed by atoms with Crippen LogP contribution in [-0.2, 0) is 30.4 Å². The van der Waals surface area contributed by atoms with Crippen LogP contribution in [0.15, 0.2) is 45.7 Å². The molecule has 292 valence electrons. The summed E-state index contributed by atoms with van der Waals surface area (Å²) in [6.45, 7) is 11.0. The first-order chi connectivity index (χ1) is 27.9. The van der Waals surface area contributed by atoms with Crippen LogP contribution in [0.25, 0.3) is 45.9 Å². The first kappa shape index (κ1) is 37.2. The molecular weight excluding hydrogens is 809 g/mol. The van der Waals surface area contributed by atoms with Crippen molar-refractivity contribution < 1.29 is 28.7 Å². The third-order valence-electron chi connectivity index (χ3n) is 12.7. The highest BCUT2D eigenvalue weighted by Gasteiger charge is 2.49. The zero-order valence-electron chi connectivity index (χ0n) is 32.3. The summed E-state index contributed by atoms with van der Waals surface area (Å²) in [6, 6.07) is 6.31. The van der Waals surface area contributed by atoms with E-state index in [1.165, 1.54) is 14.1 Å². The molecule has 58 heavy (non-hydrogen) atoms. The molecule has 4 amide bonds. The minimum absolute atomic E-state index is 0.0199. The lowest BCUT2D eigenvalue weighted by Gasteiger charge is -2.41. The van der Waals surface area contributed by atoms with E-state index in [2.05, 4.69) is 17.0 Å². The number of likely N-dealkylation sites (N-methyl/N-ethyl adjacent to an activating group) is 2. The van der Waals surface area contributed by atoms with Crippen molar-refractivity contribution >= 4 is 90.5 Å². The lowest BCUT2D eigenvalue weighted by molar-refractivity contribution is -0.140. The smallest absolute Gasteiger partial charge is 0.271 e. The Balaban J connectivity index is 1.13. The summed E-state index contributed by atoms with van der Waals surface area (Å²) in [6.07, 6.45) is 13.6. The van der Waals surface area contributed by atoms with Gasteiger partial charge in [0, 0.05) is 46.1 Å². The summed E-state index contributed by atoms with van der Waals surface area (Å²) in [5, 5.41) is 9.77. The number of carbonyl (C=O) groups excluding carboxylic acids is 4. The molecule has 4 aromatic heterocycles. The van der Waals surface area contributed by atoms with Crippen molar-refractivity contribution in [3.8, 4) is 37.1 Å². The van der Waals surface area contributed by atoms with Gasteiger partial charge in [-0.25, -0.2) is 4.85 Å². The van der Waals surface area contributed by atoms with Crippen molar-refractivity contribution in [1.82, 2.24) is 9.80 Å². The zero-order valence-corrected chi connectivity index (χ0v) is 35.5. The first-order valence-corrected chi connectivity index (χ1v) is 22.7. The zero-order chi connectivity index (χ0) is 40.4. The van der Waals surface area contributed by atoms with Gasteiger partial charge in [-0.15, -0.1) is 45.3 Å². The number of ether oxygens (including phenoxy) is 2. The third-order valence-corrected chi connectivity index (χ3v) is 17.6. The second-order valence-corrected chi connectivity index (χ2v) is 20.1. The van der Waals surface area contributed by atoms with Gasteiger partial charge in [-0.1, -0.05) is 12.8 Å². The van der Waals surface area contributed by atoms with E-state index in [1.54, 1.807) is 59.2 Å². The van der Waals surface area contributed by atoms with Gasteiger partial charge in [0.2, 0.25) is 0 Å². The fourth-order valence-corrected chi connectivity index (χ4v) is 14.8. The molecule has 14 heteroatoms. The molecule has 0 aromatic carbocycles. The van der Waals surface area contributed by atoms with Crippen LogP contribution in [0.2, 0.25) is 0 Å². The summed E-state index contributed by atoms with van der Waals surface area (Å²) in [7, 11) is 2.84. The predicted octanol–water partition coefficient (Wildman–Crippen LogP) is 10.3. The van der Waals surface area contributed by atoms with E-state index in [1.807, 2.05) is 18.2 Å². The lowest BCUT2D eigenvalue weighted by atomic mass is 9.78. The molecule has 10 nitrogen and oxygen atoms in total. The molecule has 4 aliphatic heterocycles. The van der Waals surface area contributed by atoms with Crippen LogP contribution in [0.4, 0.5) is 0 Å². The summed E-state index contributed by atoms with van der Waals surface area (Å²) >= 11 is 6.63. The number of carbonyl (C=O) groups is 4. The number of imide groups is 2. The largest absolute Gasteiger partial charge is 0.479 e. The Morgan fingerprint density at radius 3 is 1.57 bits per heavy atom.